The van der Waals surface area contributed by atoms with Crippen LogP contribution in [0.5, 0.6) is 0 Å². The molecule has 0 unspecified atom stereocenters. The second kappa shape index (κ2) is 13.2. The van der Waals surface area contributed by atoms with Crippen molar-refractivity contribution in [3.05, 3.63) is 104 Å². The normalized spacial score (nSPS) is 11.6. The zero-order chi connectivity index (χ0) is 24.5. The molecule has 0 saturated carbocycles. The maximum absolute atomic E-state index is 13.5. The molecule has 0 radical (unpaired) electrons. The molecule has 2 amide bonds. The minimum atomic E-state index is -0.636. The summed E-state index contributed by atoms with van der Waals surface area (Å²) in [5.41, 5.74) is 2.85. The van der Waals surface area contributed by atoms with Crippen LogP contribution >= 0.6 is 50.9 Å². The number of thioether (sulfide) groups is 1. The van der Waals surface area contributed by atoms with Crippen LogP contribution in [0, 0.1) is 0 Å². The van der Waals surface area contributed by atoms with Crippen LogP contribution in [0.15, 0.2) is 77.3 Å². The van der Waals surface area contributed by atoms with Gasteiger partial charge in [0, 0.05) is 40.3 Å². The van der Waals surface area contributed by atoms with Crippen molar-refractivity contribution in [1.82, 2.24) is 10.2 Å². The van der Waals surface area contributed by atoms with Gasteiger partial charge in [0.1, 0.15) is 6.04 Å². The van der Waals surface area contributed by atoms with Gasteiger partial charge in [0.05, 0.1) is 5.75 Å². The fourth-order valence-corrected chi connectivity index (χ4v) is 5.21. The van der Waals surface area contributed by atoms with E-state index in [4.69, 9.17) is 23.2 Å². The van der Waals surface area contributed by atoms with E-state index < -0.39 is 6.04 Å². The van der Waals surface area contributed by atoms with E-state index in [2.05, 4.69) is 21.2 Å². The van der Waals surface area contributed by atoms with Gasteiger partial charge in [-0.15, -0.1) is 11.8 Å². The zero-order valence-corrected chi connectivity index (χ0v) is 22.6. The van der Waals surface area contributed by atoms with Crippen LogP contribution in [-0.4, -0.2) is 35.6 Å². The highest BCUT2D eigenvalue weighted by Crippen LogP contribution is 2.25. The third kappa shape index (κ3) is 7.77. The molecule has 1 N–H and O–H groups in total. The number of likely N-dealkylation sites (N-methyl/N-ethyl adjacent to an activating group) is 1. The second-order valence-electron chi connectivity index (χ2n) is 7.70. The van der Waals surface area contributed by atoms with Crippen LogP contribution in [0.3, 0.4) is 0 Å². The van der Waals surface area contributed by atoms with Crippen molar-refractivity contribution < 1.29 is 9.59 Å². The van der Waals surface area contributed by atoms with Crippen molar-refractivity contribution in [2.75, 3.05) is 12.8 Å². The van der Waals surface area contributed by atoms with E-state index in [-0.39, 0.29) is 17.6 Å². The number of nitrogens with one attached hydrogen (secondary N) is 1. The van der Waals surface area contributed by atoms with Gasteiger partial charge >= 0.3 is 0 Å². The molecule has 4 nitrogen and oxygen atoms in total. The van der Waals surface area contributed by atoms with Gasteiger partial charge in [-0.25, -0.2) is 0 Å². The highest BCUT2D eigenvalue weighted by Gasteiger charge is 2.29. The van der Waals surface area contributed by atoms with Crippen LogP contribution in [0.25, 0.3) is 0 Å². The molecule has 0 bridgehead atoms. The summed E-state index contributed by atoms with van der Waals surface area (Å²) in [6.45, 7) is 0.333. The van der Waals surface area contributed by atoms with Gasteiger partial charge in [-0.1, -0.05) is 87.7 Å². The molecular weight excluding hydrogens is 555 g/mol. The molecule has 0 aliphatic rings. The van der Waals surface area contributed by atoms with Gasteiger partial charge in [-0.3, -0.25) is 9.59 Å². The molecular formula is C26H25BrCl2N2O2S. The Morgan fingerprint density at radius 2 is 1.71 bits per heavy atom. The highest BCUT2D eigenvalue weighted by molar-refractivity contribution is 9.10. The molecule has 34 heavy (non-hydrogen) atoms. The molecule has 178 valence electrons. The number of benzene rings is 3. The van der Waals surface area contributed by atoms with E-state index >= 15 is 0 Å². The highest BCUT2D eigenvalue weighted by atomic mass is 79.9. The lowest BCUT2D eigenvalue weighted by molar-refractivity contribution is -0.139. The van der Waals surface area contributed by atoms with Gasteiger partial charge < -0.3 is 10.2 Å². The van der Waals surface area contributed by atoms with Crippen molar-refractivity contribution in [3.8, 4) is 0 Å². The topological polar surface area (TPSA) is 49.4 Å². The quantitative estimate of drug-likeness (QED) is 0.303. The summed E-state index contributed by atoms with van der Waals surface area (Å²) in [5.74, 6) is 0.484. The third-order valence-electron chi connectivity index (χ3n) is 5.28. The number of hydrogen-bond acceptors (Lipinski definition) is 3. The van der Waals surface area contributed by atoms with Crippen molar-refractivity contribution in [2.24, 2.45) is 0 Å². The summed E-state index contributed by atoms with van der Waals surface area (Å²) in [4.78, 5) is 28.1. The molecule has 0 aromatic heterocycles. The maximum Gasteiger partial charge on any atom is 0.242 e. The largest absolute Gasteiger partial charge is 0.357 e. The summed E-state index contributed by atoms with van der Waals surface area (Å²) >= 11 is 17.2. The number of amides is 2. The monoisotopic (exact) mass is 578 g/mol. The second-order valence-corrected chi connectivity index (χ2v) is 10.4. The fraction of sp³-hybridized carbons (Fsp3) is 0.231. The van der Waals surface area contributed by atoms with Gasteiger partial charge in [0.2, 0.25) is 11.8 Å². The van der Waals surface area contributed by atoms with Crippen LogP contribution in [-0.2, 0) is 28.3 Å². The fourth-order valence-electron chi connectivity index (χ4n) is 3.48. The van der Waals surface area contributed by atoms with Crippen LogP contribution in [0.2, 0.25) is 10.0 Å². The summed E-state index contributed by atoms with van der Waals surface area (Å²) in [6.07, 6.45) is 0.427. The minimum Gasteiger partial charge on any atom is -0.357 e. The number of nitrogens with zero attached hydrogens (tertiary/aromatic N) is 1. The Hall–Kier alpha value is -1.99. The predicted octanol–water partition coefficient (Wildman–Crippen LogP) is 6.38. The molecule has 0 spiro atoms. The summed E-state index contributed by atoms with van der Waals surface area (Å²) < 4.78 is 0.955. The average molecular weight is 580 g/mol. The SMILES string of the molecule is CNC(=O)[C@H](Cc1ccccc1)N(Cc1ccc(Br)cc1)C(=O)CSCc1ccc(Cl)cc1Cl. The third-order valence-corrected chi connectivity index (χ3v) is 7.36. The van der Waals surface area contributed by atoms with E-state index in [0.717, 1.165) is 21.2 Å². The Morgan fingerprint density at radius 3 is 2.35 bits per heavy atom. The van der Waals surface area contributed by atoms with Crippen molar-refractivity contribution in [3.63, 3.8) is 0 Å². The molecule has 8 heteroatoms. The van der Waals surface area contributed by atoms with E-state index in [1.807, 2.05) is 60.7 Å². The number of rotatable bonds is 10. The summed E-state index contributed by atoms with van der Waals surface area (Å²) in [7, 11) is 1.60. The molecule has 0 saturated heterocycles. The number of carbonyl (C=O) groups is 2. The Morgan fingerprint density at radius 1 is 1.00 bits per heavy atom. The van der Waals surface area contributed by atoms with E-state index in [9.17, 15) is 9.59 Å². The van der Waals surface area contributed by atoms with Gasteiger partial charge in [0.25, 0.3) is 0 Å². The van der Waals surface area contributed by atoms with E-state index in [1.54, 1.807) is 24.1 Å². The Labute approximate surface area is 223 Å². The molecule has 0 aliphatic carbocycles. The lowest BCUT2D eigenvalue weighted by Gasteiger charge is -2.31. The first-order chi connectivity index (χ1) is 16.4. The Bertz CT molecular complexity index is 1110. The molecule has 3 aromatic carbocycles. The summed E-state index contributed by atoms with van der Waals surface area (Å²) in [5, 5.41) is 3.88. The molecule has 0 heterocycles. The van der Waals surface area contributed by atoms with Gasteiger partial charge in [-0.2, -0.15) is 0 Å². The first kappa shape index (κ1) is 26.6. The standard InChI is InChI=1S/C26H25BrCl2N2O2S/c1-30-26(33)24(13-18-5-3-2-4-6-18)31(15-19-7-10-21(27)11-8-19)25(32)17-34-16-20-9-12-22(28)14-23(20)29/h2-12,14,24H,13,15-17H2,1H3,(H,30,33)/t24-/m0/s1. The summed E-state index contributed by atoms with van der Waals surface area (Å²) in [6, 6.07) is 22.2. The first-order valence-corrected chi connectivity index (χ1v) is 13.4. The van der Waals surface area contributed by atoms with Crippen molar-refractivity contribution in [2.45, 2.75) is 24.8 Å². The van der Waals surface area contributed by atoms with Gasteiger partial charge in [0.15, 0.2) is 0 Å². The lowest BCUT2D eigenvalue weighted by Crippen LogP contribution is -2.50. The lowest BCUT2D eigenvalue weighted by atomic mass is 10.0. The molecule has 1 atom stereocenters. The van der Waals surface area contributed by atoms with Crippen molar-refractivity contribution >= 4 is 62.7 Å². The predicted molar refractivity (Wildman–Crippen MR) is 145 cm³/mol. The van der Waals surface area contributed by atoms with E-state index in [1.165, 1.54) is 11.8 Å². The van der Waals surface area contributed by atoms with E-state index in [0.29, 0.717) is 28.8 Å². The Kier molecular flexibility index (Phi) is 10.3. The Balaban J connectivity index is 1.80. The van der Waals surface area contributed by atoms with Crippen LogP contribution < -0.4 is 5.32 Å². The van der Waals surface area contributed by atoms with Gasteiger partial charge in [-0.05, 0) is 41.0 Å². The molecule has 3 rings (SSSR count). The molecule has 0 fully saturated rings. The number of carbonyl (C=O) groups excluding carboxylic acids is 2. The van der Waals surface area contributed by atoms with Crippen molar-refractivity contribution in [1.29, 1.82) is 0 Å². The molecule has 3 aromatic rings. The smallest absolute Gasteiger partial charge is 0.242 e. The van der Waals surface area contributed by atoms with Crippen LogP contribution in [0.4, 0.5) is 0 Å². The molecule has 0 aliphatic heterocycles. The number of hydrogen-bond donors (Lipinski definition) is 1. The van der Waals surface area contributed by atoms with Crippen LogP contribution in [0.1, 0.15) is 16.7 Å². The maximum atomic E-state index is 13.5. The number of halogens is 3. The zero-order valence-electron chi connectivity index (χ0n) is 18.6. The minimum absolute atomic E-state index is 0.109. The first-order valence-electron chi connectivity index (χ1n) is 10.7. The average Bonchev–Trinajstić information content (AvgIpc) is 2.84.